The van der Waals surface area contributed by atoms with Crippen molar-refractivity contribution in [3.8, 4) is 0 Å². The summed E-state index contributed by atoms with van der Waals surface area (Å²) >= 11 is 0. The molecule has 2 rings (SSSR count). The van der Waals surface area contributed by atoms with Crippen LogP contribution in [0, 0.1) is 0 Å². The molecule has 1 aromatic rings. The minimum Gasteiger partial charge on any atom is -0.462 e. The Hall–Kier alpha value is -2.46. The summed E-state index contributed by atoms with van der Waals surface area (Å²) in [6.45, 7) is 3.28. The summed E-state index contributed by atoms with van der Waals surface area (Å²) in [6.07, 6.45) is -3.52. The molecule has 0 aromatic heterocycles. The number of carbonyl (C=O) groups is 3. The quantitative estimate of drug-likeness (QED) is 0.410. The van der Waals surface area contributed by atoms with Gasteiger partial charge in [-0.05, 0) is 5.56 Å². The highest BCUT2D eigenvalue weighted by Gasteiger charge is 2.45. The van der Waals surface area contributed by atoms with Crippen LogP contribution in [0.2, 0.25) is 0 Å². The van der Waals surface area contributed by atoms with Crippen molar-refractivity contribution < 1.29 is 41.7 Å². The van der Waals surface area contributed by atoms with E-state index in [0.717, 1.165) is 0 Å². The van der Waals surface area contributed by atoms with Crippen LogP contribution in [0.3, 0.4) is 0 Å². The van der Waals surface area contributed by atoms with Crippen LogP contribution in [0.25, 0.3) is 0 Å². The third kappa shape index (κ3) is 7.75. The number of hydrogen-bond donors (Lipinski definition) is 0. The molecule has 10 heteroatoms. The van der Waals surface area contributed by atoms with Gasteiger partial charge in [0.15, 0.2) is 15.9 Å². The van der Waals surface area contributed by atoms with Crippen molar-refractivity contribution in [3.63, 3.8) is 0 Å². The lowest BCUT2D eigenvalue weighted by Gasteiger charge is -2.26. The van der Waals surface area contributed by atoms with E-state index in [1.165, 1.54) is 20.8 Å². The summed E-state index contributed by atoms with van der Waals surface area (Å²) in [7, 11) is -3.53. The molecule has 0 spiro atoms. The zero-order chi connectivity index (χ0) is 22.3. The monoisotopic (exact) mass is 442 g/mol. The van der Waals surface area contributed by atoms with Crippen LogP contribution in [0.4, 0.5) is 0 Å². The van der Waals surface area contributed by atoms with Crippen LogP contribution >= 0.6 is 0 Å². The van der Waals surface area contributed by atoms with Crippen molar-refractivity contribution in [1.82, 2.24) is 0 Å². The first-order valence-electron chi connectivity index (χ1n) is 9.43. The normalized spacial score (nSPS) is 22.2. The molecule has 1 aliphatic heterocycles. The van der Waals surface area contributed by atoms with Gasteiger partial charge in [0, 0.05) is 27.2 Å². The maximum Gasteiger partial charge on any atom is 0.303 e. The number of sulfone groups is 1. The van der Waals surface area contributed by atoms with Crippen molar-refractivity contribution in [3.05, 3.63) is 35.9 Å². The molecule has 0 saturated carbocycles. The zero-order valence-corrected chi connectivity index (χ0v) is 17.9. The van der Waals surface area contributed by atoms with Crippen molar-refractivity contribution in [1.29, 1.82) is 0 Å². The van der Waals surface area contributed by atoms with Gasteiger partial charge in [-0.3, -0.25) is 14.4 Å². The molecule has 1 unspecified atom stereocenters. The first-order chi connectivity index (χ1) is 14.1. The van der Waals surface area contributed by atoms with E-state index in [2.05, 4.69) is 0 Å². The third-order valence-corrected chi connectivity index (χ3v) is 5.99. The van der Waals surface area contributed by atoms with Gasteiger partial charge in [0.2, 0.25) is 0 Å². The van der Waals surface area contributed by atoms with E-state index in [1.807, 2.05) is 0 Å². The van der Waals surface area contributed by atoms with Crippen LogP contribution < -0.4 is 0 Å². The Labute approximate surface area is 175 Å². The molecule has 0 amide bonds. The summed E-state index contributed by atoms with van der Waals surface area (Å²) in [5, 5.41) is 0. The van der Waals surface area contributed by atoms with Gasteiger partial charge in [-0.15, -0.1) is 0 Å². The van der Waals surface area contributed by atoms with E-state index < -0.39 is 52.2 Å². The zero-order valence-electron chi connectivity index (χ0n) is 17.1. The Bertz CT molecular complexity index is 850. The van der Waals surface area contributed by atoms with Crippen LogP contribution in [-0.2, 0) is 48.9 Å². The van der Waals surface area contributed by atoms with Crippen molar-refractivity contribution >= 4 is 27.7 Å². The van der Waals surface area contributed by atoms with Gasteiger partial charge in [-0.2, -0.15) is 0 Å². The van der Waals surface area contributed by atoms with Gasteiger partial charge in [-0.25, -0.2) is 8.42 Å². The number of hydrogen-bond acceptors (Lipinski definition) is 9. The Balaban J connectivity index is 2.13. The Morgan fingerprint density at radius 3 is 2.30 bits per heavy atom. The largest absolute Gasteiger partial charge is 0.462 e. The molecular formula is C20H26O9S. The van der Waals surface area contributed by atoms with Gasteiger partial charge < -0.3 is 18.9 Å². The fraction of sp³-hybridized carbons (Fsp3) is 0.550. The molecule has 9 nitrogen and oxygen atoms in total. The number of carbonyl (C=O) groups excluding carboxylic acids is 3. The maximum atomic E-state index is 12.6. The molecule has 1 aromatic carbocycles. The molecule has 166 valence electrons. The molecule has 4 atom stereocenters. The molecule has 0 bridgehead atoms. The van der Waals surface area contributed by atoms with E-state index in [1.54, 1.807) is 30.3 Å². The molecular weight excluding hydrogens is 416 g/mol. The van der Waals surface area contributed by atoms with Gasteiger partial charge in [0.1, 0.15) is 18.8 Å². The first kappa shape index (κ1) is 23.8. The molecule has 1 saturated heterocycles. The Morgan fingerprint density at radius 2 is 1.73 bits per heavy atom. The highest BCUT2D eigenvalue weighted by atomic mass is 32.2. The topological polar surface area (TPSA) is 122 Å². The lowest BCUT2D eigenvalue weighted by Crippen LogP contribution is -2.43. The van der Waals surface area contributed by atoms with Gasteiger partial charge >= 0.3 is 17.9 Å². The summed E-state index contributed by atoms with van der Waals surface area (Å²) in [5.41, 5.74) is 0.649. The number of ether oxygens (including phenoxy) is 4. The van der Waals surface area contributed by atoms with Crippen molar-refractivity contribution in [2.24, 2.45) is 0 Å². The molecule has 1 heterocycles. The summed E-state index contributed by atoms with van der Waals surface area (Å²) in [6, 6.07) is 8.73. The fourth-order valence-corrected chi connectivity index (χ4v) is 4.90. The average Bonchev–Trinajstić information content (AvgIpc) is 2.99. The molecule has 1 aliphatic rings. The smallest absolute Gasteiger partial charge is 0.303 e. The van der Waals surface area contributed by atoms with Crippen LogP contribution in [0.15, 0.2) is 30.3 Å². The number of esters is 3. The predicted molar refractivity (Wildman–Crippen MR) is 105 cm³/mol. The van der Waals surface area contributed by atoms with E-state index in [4.69, 9.17) is 18.9 Å². The van der Waals surface area contributed by atoms with Crippen LogP contribution in [-0.4, -0.2) is 63.1 Å². The van der Waals surface area contributed by atoms with Gasteiger partial charge in [-0.1, -0.05) is 30.3 Å². The summed E-state index contributed by atoms with van der Waals surface area (Å²) in [4.78, 5) is 34.1. The highest BCUT2D eigenvalue weighted by molar-refractivity contribution is 7.90. The second-order valence-electron chi connectivity index (χ2n) is 7.10. The predicted octanol–water partition coefficient (Wildman–Crippen LogP) is 1.19. The molecule has 0 radical (unpaired) electrons. The molecule has 0 aliphatic carbocycles. The standard InChI is InChI=1S/C20H26O9S/c1-13(21)26-10-19(28-15(3)23)20-18(27-14(2)22)9-17(29-20)12-30(24,25)11-16-7-5-4-6-8-16/h4-8,17-20H,9-12H2,1-3H3/t17-,18+,19?,20-/m0/s1. The lowest BCUT2D eigenvalue weighted by molar-refractivity contribution is -0.174. The van der Waals surface area contributed by atoms with Crippen LogP contribution in [0.1, 0.15) is 32.8 Å². The molecule has 30 heavy (non-hydrogen) atoms. The summed E-state index contributed by atoms with van der Waals surface area (Å²) in [5.74, 6) is -2.27. The third-order valence-electron chi connectivity index (χ3n) is 4.33. The minimum absolute atomic E-state index is 0.107. The van der Waals surface area contributed by atoms with Gasteiger partial charge in [0.25, 0.3) is 0 Å². The van der Waals surface area contributed by atoms with E-state index in [-0.39, 0.29) is 24.5 Å². The Morgan fingerprint density at radius 1 is 1.07 bits per heavy atom. The van der Waals surface area contributed by atoms with Crippen molar-refractivity contribution in [2.45, 2.75) is 57.4 Å². The maximum absolute atomic E-state index is 12.6. The van der Waals surface area contributed by atoms with Crippen LogP contribution in [0.5, 0.6) is 0 Å². The second kappa shape index (κ2) is 10.5. The second-order valence-corrected chi connectivity index (χ2v) is 9.21. The molecule has 1 fully saturated rings. The number of benzene rings is 1. The van der Waals surface area contributed by atoms with E-state index >= 15 is 0 Å². The van der Waals surface area contributed by atoms with E-state index in [0.29, 0.717) is 5.56 Å². The summed E-state index contributed by atoms with van der Waals surface area (Å²) < 4.78 is 46.4. The SMILES string of the molecule is CC(=O)OCC(OC(C)=O)[C@H]1O[C@H](CS(=O)(=O)Cc2ccccc2)C[C@H]1OC(C)=O. The lowest BCUT2D eigenvalue weighted by atomic mass is 10.1. The fourth-order valence-electron chi connectivity index (χ4n) is 3.30. The average molecular weight is 442 g/mol. The first-order valence-corrected chi connectivity index (χ1v) is 11.3. The van der Waals surface area contributed by atoms with E-state index in [9.17, 15) is 22.8 Å². The minimum atomic E-state index is -3.53. The Kier molecular flexibility index (Phi) is 8.36. The van der Waals surface area contributed by atoms with Gasteiger partial charge in [0.05, 0.1) is 17.6 Å². The molecule has 0 N–H and O–H groups in total. The number of rotatable bonds is 9. The highest BCUT2D eigenvalue weighted by Crippen LogP contribution is 2.29. The van der Waals surface area contributed by atoms with Crippen molar-refractivity contribution in [2.75, 3.05) is 12.4 Å².